The van der Waals surface area contributed by atoms with Crippen molar-refractivity contribution >= 4 is 16.6 Å². The quantitative estimate of drug-likeness (QED) is 0.721. The van der Waals surface area contributed by atoms with E-state index >= 15 is 0 Å². The second-order valence-corrected chi connectivity index (χ2v) is 3.45. The monoisotopic (exact) mass is 200 g/mol. The number of nitrogens with zero attached hydrogens (tertiary/aromatic N) is 1. The Kier molecular flexibility index (Phi) is 3.13. The van der Waals surface area contributed by atoms with Gasteiger partial charge in [0.1, 0.15) is 5.75 Å². The van der Waals surface area contributed by atoms with Crippen molar-refractivity contribution in [2.24, 2.45) is 0 Å². The maximum atomic E-state index is 10.6. The topological polar surface area (TPSA) is 46.6 Å². The fourth-order valence-electron chi connectivity index (χ4n) is 0.825. The fraction of sp³-hybridized carbons (Fsp3) is 0.250. The average Bonchev–Trinajstić information content (AvgIpc) is 2.17. The first-order valence-electron chi connectivity index (χ1n) is 3.59. The Morgan fingerprint density at radius 2 is 2.15 bits per heavy atom. The molecule has 0 fully saturated rings. The van der Waals surface area contributed by atoms with Gasteiger partial charge in [-0.3, -0.25) is 4.31 Å². The zero-order valence-corrected chi connectivity index (χ0v) is 8.25. The van der Waals surface area contributed by atoms with Gasteiger partial charge in [0.05, 0.1) is 12.8 Å². The van der Waals surface area contributed by atoms with E-state index < -0.39 is 10.9 Å². The van der Waals surface area contributed by atoms with Crippen molar-refractivity contribution < 1.29 is 13.2 Å². The van der Waals surface area contributed by atoms with Gasteiger partial charge in [0.15, 0.2) is 0 Å². The molecule has 1 radical (unpaired) electrons. The highest BCUT2D eigenvalue weighted by Gasteiger charge is 2.01. The van der Waals surface area contributed by atoms with Gasteiger partial charge in [0.25, 0.3) is 0 Å². The lowest BCUT2D eigenvalue weighted by molar-refractivity contribution is 0.414. The molecule has 0 bridgehead atoms. The molecule has 71 valence electrons. The minimum Gasteiger partial charge on any atom is -0.496 e. The van der Waals surface area contributed by atoms with Crippen molar-refractivity contribution in [3.05, 3.63) is 24.3 Å². The predicted molar refractivity (Wildman–Crippen MR) is 50.5 cm³/mol. The van der Waals surface area contributed by atoms with Crippen LogP contribution in [-0.2, 0) is 10.9 Å². The molecule has 0 saturated heterocycles. The zero-order chi connectivity index (χ0) is 9.84. The van der Waals surface area contributed by atoms with Gasteiger partial charge in [-0.15, -0.1) is 0 Å². The van der Waals surface area contributed by atoms with Gasteiger partial charge in [-0.2, -0.15) is 0 Å². The first kappa shape index (κ1) is 9.85. The smallest absolute Gasteiger partial charge is 0.224 e. The van der Waals surface area contributed by atoms with Crippen LogP contribution in [0.25, 0.3) is 0 Å². The van der Waals surface area contributed by atoms with Crippen LogP contribution in [0.2, 0.25) is 0 Å². The summed E-state index contributed by atoms with van der Waals surface area (Å²) in [5.74, 6) is 0.582. The number of rotatable bonds is 3. The molecule has 1 aromatic carbocycles. The van der Waals surface area contributed by atoms with E-state index in [0.717, 1.165) is 4.31 Å². The van der Waals surface area contributed by atoms with Crippen LogP contribution in [0.3, 0.4) is 0 Å². The molecule has 5 heteroatoms. The van der Waals surface area contributed by atoms with Gasteiger partial charge >= 0.3 is 0 Å². The van der Waals surface area contributed by atoms with E-state index in [1.807, 2.05) is 0 Å². The van der Waals surface area contributed by atoms with E-state index in [1.165, 1.54) is 14.2 Å². The molecule has 0 N–H and O–H groups in total. The van der Waals surface area contributed by atoms with Crippen LogP contribution in [0.5, 0.6) is 5.75 Å². The highest BCUT2D eigenvalue weighted by atomic mass is 32.2. The maximum absolute atomic E-state index is 10.6. The molecule has 1 rings (SSSR count). The number of thiol groups is 1. The number of ether oxygens (including phenoxy) is 1. The van der Waals surface area contributed by atoms with Crippen molar-refractivity contribution in [2.45, 2.75) is 0 Å². The van der Waals surface area contributed by atoms with E-state index in [4.69, 9.17) is 4.74 Å². The maximum Gasteiger partial charge on any atom is 0.224 e. The molecular weight excluding hydrogens is 190 g/mol. The normalized spacial score (nSPS) is 10.1. The molecule has 4 nitrogen and oxygen atoms in total. The standard InChI is InChI=1S/C8H10NO3S/c1-9(13(10)11)7-3-5-8(12-2)6-4-7/h3-5,13H,1-2H3. The number of methoxy groups -OCH3 is 1. The van der Waals surface area contributed by atoms with Crippen molar-refractivity contribution in [2.75, 3.05) is 18.5 Å². The molecule has 0 aliphatic heterocycles. The van der Waals surface area contributed by atoms with Gasteiger partial charge in [0.2, 0.25) is 10.9 Å². The number of hydrogen-bond acceptors (Lipinski definition) is 3. The third-order valence-electron chi connectivity index (χ3n) is 1.61. The van der Waals surface area contributed by atoms with E-state index in [9.17, 15) is 8.42 Å². The lowest BCUT2D eigenvalue weighted by Gasteiger charge is -2.10. The van der Waals surface area contributed by atoms with Crippen molar-refractivity contribution in [1.29, 1.82) is 0 Å². The summed E-state index contributed by atoms with van der Waals surface area (Å²) in [6.07, 6.45) is 0. The second-order valence-electron chi connectivity index (χ2n) is 2.38. The van der Waals surface area contributed by atoms with Crippen LogP contribution in [0, 0.1) is 6.07 Å². The minimum absolute atomic E-state index is 0.567. The minimum atomic E-state index is -2.58. The molecule has 1 aromatic rings. The van der Waals surface area contributed by atoms with Crippen molar-refractivity contribution in [3.8, 4) is 5.75 Å². The Hall–Kier alpha value is -1.23. The molecule has 13 heavy (non-hydrogen) atoms. The Bertz CT molecular complexity index is 337. The van der Waals surface area contributed by atoms with Gasteiger partial charge in [0, 0.05) is 13.1 Å². The first-order chi connectivity index (χ1) is 6.15. The molecule has 0 amide bonds. The van der Waals surface area contributed by atoms with Crippen molar-refractivity contribution in [1.82, 2.24) is 0 Å². The number of benzene rings is 1. The van der Waals surface area contributed by atoms with Crippen molar-refractivity contribution in [3.63, 3.8) is 0 Å². The van der Waals surface area contributed by atoms with Gasteiger partial charge < -0.3 is 4.74 Å². The van der Waals surface area contributed by atoms with Crippen LogP contribution >= 0.6 is 0 Å². The van der Waals surface area contributed by atoms with Crippen LogP contribution in [0.1, 0.15) is 0 Å². The third kappa shape index (κ3) is 2.35. The number of hydrogen-bond donors (Lipinski definition) is 1. The van der Waals surface area contributed by atoms with Crippen LogP contribution in [0.4, 0.5) is 5.69 Å². The Morgan fingerprint density at radius 1 is 1.46 bits per heavy atom. The van der Waals surface area contributed by atoms with Crippen LogP contribution < -0.4 is 9.04 Å². The lowest BCUT2D eigenvalue weighted by atomic mass is 10.3. The summed E-state index contributed by atoms with van der Waals surface area (Å²) in [5.41, 5.74) is 0.567. The van der Waals surface area contributed by atoms with Crippen LogP contribution in [-0.4, -0.2) is 22.6 Å². The van der Waals surface area contributed by atoms with E-state index in [1.54, 1.807) is 18.2 Å². The van der Waals surface area contributed by atoms with E-state index in [0.29, 0.717) is 11.4 Å². The highest BCUT2D eigenvalue weighted by Crippen LogP contribution is 2.16. The summed E-state index contributed by atoms with van der Waals surface area (Å²) in [4.78, 5) is 0. The van der Waals surface area contributed by atoms with Gasteiger partial charge in [-0.1, -0.05) is 0 Å². The Balaban J connectivity index is 2.92. The summed E-state index contributed by atoms with van der Waals surface area (Å²) < 4.78 is 27.2. The van der Waals surface area contributed by atoms with E-state index in [-0.39, 0.29) is 0 Å². The summed E-state index contributed by atoms with van der Waals surface area (Å²) in [7, 11) is 0.425. The summed E-state index contributed by atoms with van der Waals surface area (Å²) in [6, 6.07) is 7.66. The second kappa shape index (κ2) is 4.13. The average molecular weight is 200 g/mol. The molecule has 0 aliphatic rings. The first-order valence-corrected chi connectivity index (χ1v) is 4.72. The molecule has 0 aliphatic carbocycles. The van der Waals surface area contributed by atoms with Gasteiger partial charge in [-0.05, 0) is 18.2 Å². The Labute approximate surface area is 78.8 Å². The highest BCUT2D eigenvalue weighted by molar-refractivity contribution is 7.74. The Morgan fingerprint density at radius 3 is 2.54 bits per heavy atom. The largest absolute Gasteiger partial charge is 0.496 e. The molecule has 0 heterocycles. The summed E-state index contributed by atoms with van der Waals surface area (Å²) in [6.45, 7) is 0. The molecule has 0 unspecified atom stereocenters. The number of anilines is 1. The lowest BCUT2D eigenvalue weighted by Crippen LogP contribution is -2.13. The van der Waals surface area contributed by atoms with E-state index in [2.05, 4.69) is 6.07 Å². The van der Waals surface area contributed by atoms with Crippen LogP contribution in [0.15, 0.2) is 18.2 Å². The molecule has 0 atom stereocenters. The molecular formula is C8H10NO3S. The van der Waals surface area contributed by atoms with Gasteiger partial charge in [-0.25, -0.2) is 8.42 Å². The predicted octanol–water partition coefficient (Wildman–Crippen LogP) is 0.458. The molecule has 0 spiro atoms. The SMILES string of the molecule is COc1[c]cc(N(C)[SH](=O)=O)cc1. The summed E-state index contributed by atoms with van der Waals surface area (Å²) in [5, 5.41) is 0. The summed E-state index contributed by atoms with van der Waals surface area (Å²) >= 11 is 0. The molecule has 0 aromatic heterocycles. The fourth-order valence-corrected chi connectivity index (χ4v) is 1.14. The zero-order valence-electron chi connectivity index (χ0n) is 7.35. The molecule has 0 saturated carbocycles. The third-order valence-corrected chi connectivity index (χ3v) is 2.33.